The zero-order chi connectivity index (χ0) is 26.4. The van der Waals surface area contributed by atoms with Crippen LogP contribution in [0.2, 0.25) is 0 Å². The van der Waals surface area contributed by atoms with E-state index >= 15 is 0 Å². The molecule has 5 fully saturated rings. The van der Waals surface area contributed by atoms with E-state index in [1.807, 2.05) is 6.07 Å². The lowest BCUT2D eigenvalue weighted by Gasteiger charge is -2.64. The highest BCUT2D eigenvalue weighted by atomic mass is 16.5. The number of nitrogens with zero attached hydrogens (tertiary/aromatic N) is 1. The number of fused-ring (bicyclic) bond motifs is 5. The van der Waals surface area contributed by atoms with Gasteiger partial charge in [0.15, 0.2) is 0 Å². The summed E-state index contributed by atoms with van der Waals surface area (Å²) in [6, 6.07) is 1.89. The van der Waals surface area contributed by atoms with Crippen LogP contribution >= 0.6 is 0 Å². The van der Waals surface area contributed by atoms with Crippen molar-refractivity contribution < 1.29 is 24.1 Å². The molecule has 0 amide bonds. The second-order valence-electron chi connectivity index (χ2n) is 13.9. The quantitative estimate of drug-likeness (QED) is 0.411. The predicted octanol–water partition coefficient (Wildman–Crippen LogP) is 5.51. The molecular weight excluding hydrogens is 478 g/mol. The molecule has 1 aliphatic heterocycles. The van der Waals surface area contributed by atoms with Crippen molar-refractivity contribution in [1.29, 1.82) is 0 Å². The summed E-state index contributed by atoms with van der Waals surface area (Å²) in [6.07, 6.45) is 16.4. The molecule has 6 nitrogen and oxygen atoms in total. The Hall–Kier alpha value is -0.920. The van der Waals surface area contributed by atoms with Crippen LogP contribution < -0.4 is 0 Å². The van der Waals surface area contributed by atoms with Gasteiger partial charge in [-0.05, 0) is 119 Å². The normalized spacial score (nSPS) is 45.1. The van der Waals surface area contributed by atoms with Gasteiger partial charge in [0.25, 0.3) is 0 Å². The molecular formula is C32H51NO5. The van der Waals surface area contributed by atoms with Crippen molar-refractivity contribution in [2.24, 2.45) is 28.6 Å². The van der Waals surface area contributed by atoms with Gasteiger partial charge in [0.1, 0.15) is 5.60 Å². The molecule has 214 valence electrons. The minimum absolute atomic E-state index is 0.252. The van der Waals surface area contributed by atoms with E-state index in [0.717, 1.165) is 57.1 Å². The van der Waals surface area contributed by atoms with E-state index in [9.17, 15) is 10.2 Å². The van der Waals surface area contributed by atoms with Crippen LogP contribution in [0.1, 0.15) is 96.5 Å². The van der Waals surface area contributed by atoms with E-state index in [1.54, 1.807) is 12.5 Å². The smallest absolute Gasteiger partial charge is 0.101 e. The molecule has 1 saturated heterocycles. The van der Waals surface area contributed by atoms with E-state index < -0.39 is 16.6 Å². The van der Waals surface area contributed by atoms with Gasteiger partial charge in [-0.2, -0.15) is 0 Å². The number of likely N-dealkylation sites (tertiary alicyclic amines) is 1. The molecule has 2 N–H and O–H groups in total. The summed E-state index contributed by atoms with van der Waals surface area (Å²) in [5.74, 6) is 1.44. The number of hydrogen-bond donors (Lipinski definition) is 2. The van der Waals surface area contributed by atoms with Crippen molar-refractivity contribution in [2.45, 2.75) is 108 Å². The molecule has 6 rings (SSSR count). The molecule has 0 bridgehead atoms. The highest BCUT2D eigenvalue weighted by molar-refractivity contribution is 5.30. The third-order valence-electron chi connectivity index (χ3n) is 12.5. The van der Waals surface area contributed by atoms with Gasteiger partial charge in [-0.1, -0.05) is 13.8 Å². The van der Waals surface area contributed by atoms with Crippen LogP contribution in [0.5, 0.6) is 0 Å². The van der Waals surface area contributed by atoms with Crippen LogP contribution in [-0.2, 0) is 15.1 Å². The first-order chi connectivity index (χ1) is 18.3. The average Bonchev–Trinajstić information content (AvgIpc) is 3.67. The third-order valence-corrected chi connectivity index (χ3v) is 12.5. The highest BCUT2D eigenvalue weighted by Crippen LogP contribution is 2.71. The van der Waals surface area contributed by atoms with Gasteiger partial charge in [0, 0.05) is 24.1 Å². The minimum Gasteiger partial charge on any atom is -0.472 e. The number of rotatable bonds is 9. The molecule has 1 aromatic rings. The fourth-order valence-electron chi connectivity index (χ4n) is 10.1. The van der Waals surface area contributed by atoms with Gasteiger partial charge >= 0.3 is 0 Å². The van der Waals surface area contributed by atoms with Gasteiger partial charge in [-0.3, -0.25) is 0 Å². The Bertz CT molecular complexity index is 932. The Morgan fingerprint density at radius 2 is 1.79 bits per heavy atom. The number of furan rings is 1. The zero-order valence-electron chi connectivity index (χ0n) is 23.8. The molecule has 4 saturated carbocycles. The Kier molecular flexibility index (Phi) is 7.52. The highest BCUT2D eigenvalue weighted by Gasteiger charge is 2.72. The van der Waals surface area contributed by atoms with E-state index in [-0.39, 0.29) is 11.3 Å². The van der Waals surface area contributed by atoms with Crippen molar-refractivity contribution in [1.82, 2.24) is 4.90 Å². The van der Waals surface area contributed by atoms with E-state index in [1.165, 1.54) is 38.9 Å². The molecule has 2 heterocycles. The van der Waals surface area contributed by atoms with Crippen molar-refractivity contribution >= 4 is 0 Å². The van der Waals surface area contributed by atoms with Crippen molar-refractivity contribution in [3.8, 4) is 0 Å². The lowest BCUT2D eigenvalue weighted by Crippen LogP contribution is -2.64. The largest absolute Gasteiger partial charge is 0.472 e. The molecule has 0 radical (unpaired) electrons. The van der Waals surface area contributed by atoms with Gasteiger partial charge in [0.05, 0.1) is 37.4 Å². The van der Waals surface area contributed by atoms with Crippen molar-refractivity contribution in [3.63, 3.8) is 0 Å². The van der Waals surface area contributed by atoms with Gasteiger partial charge < -0.3 is 29.0 Å². The first-order valence-corrected chi connectivity index (χ1v) is 15.7. The van der Waals surface area contributed by atoms with E-state index in [2.05, 4.69) is 18.7 Å². The van der Waals surface area contributed by atoms with E-state index in [0.29, 0.717) is 44.0 Å². The summed E-state index contributed by atoms with van der Waals surface area (Å²) in [5, 5.41) is 24.3. The number of ether oxygens (including phenoxy) is 2. The third kappa shape index (κ3) is 4.32. The molecule has 4 aliphatic carbocycles. The maximum atomic E-state index is 12.4. The molecule has 1 aromatic heterocycles. The summed E-state index contributed by atoms with van der Waals surface area (Å²) < 4.78 is 17.6. The minimum atomic E-state index is -1.01. The summed E-state index contributed by atoms with van der Waals surface area (Å²) in [5.41, 5.74) is -1.29. The second-order valence-corrected chi connectivity index (χ2v) is 13.9. The van der Waals surface area contributed by atoms with Crippen molar-refractivity contribution in [3.05, 3.63) is 24.2 Å². The first-order valence-electron chi connectivity index (χ1n) is 15.7. The second kappa shape index (κ2) is 10.5. The lowest BCUT2D eigenvalue weighted by atomic mass is 9.43. The van der Waals surface area contributed by atoms with Crippen LogP contribution in [0.15, 0.2) is 23.0 Å². The summed E-state index contributed by atoms with van der Waals surface area (Å²) in [7, 11) is 0. The van der Waals surface area contributed by atoms with Crippen molar-refractivity contribution in [2.75, 3.05) is 39.5 Å². The topological polar surface area (TPSA) is 75.3 Å². The van der Waals surface area contributed by atoms with Gasteiger partial charge in [-0.25, -0.2) is 0 Å². The number of aliphatic hydroxyl groups is 2. The van der Waals surface area contributed by atoms with Crippen LogP contribution in [0.3, 0.4) is 0 Å². The maximum absolute atomic E-state index is 12.4. The van der Waals surface area contributed by atoms with Gasteiger partial charge in [0.2, 0.25) is 0 Å². The fraction of sp³-hybridized carbons (Fsp3) is 0.875. The Morgan fingerprint density at radius 1 is 0.947 bits per heavy atom. The average molecular weight is 530 g/mol. The zero-order valence-corrected chi connectivity index (χ0v) is 23.8. The van der Waals surface area contributed by atoms with Crippen LogP contribution in [-0.4, -0.2) is 66.3 Å². The maximum Gasteiger partial charge on any atom is 0.101 e. The van der Waals surface area contributed by atoms with Gasteiger partial charge in [-0.15, -0.1) is 0 Å². The molecule has 0 spiro atoms. The monoisotopic (exact) mass is 529 g/mol. The fourth-order valence-corrected chi connectivity index (χ4v) is 10.1. The lowest BCUT2D eigenvalue weighted by molar-refractivity contribution is -0.239. The Morgan fingerprint density at radius 3 is 2.58 bits per heavy atom. The SMILES string of the molecule is C[C@]12CCC(OCCOCCCN3CCCC3)CC1CC[C@@H]1[C@H]2CC[C@]2(C)C(O)(c3ccoc3)CC[C@@]12O. The summed E-state index contributed by atoms with van der Waals surface area (Å²) in [6.45, 7) is 10.6. The Labute approximate surface area is 229 Å². The van der Waals surface area contributed by atoms with Crippen LogP contribution in [0, 0.1) is 28.6 Å². The molecule has 3 unspecified atom stereocenters. The van der Waals surface area contributed by atoms with Crippen LogP contribution in [0.25, 0.3) is 0 Å². The standard InChI is InChI=1S/C32H51NO5/c1-29-11-8-26(38-21-20-36-18-5-17-33-15-3-4-16-33)22-24(29)6-7-28-27(29)9-12-30(2)31(34,13-14-32(28,30)35)25-10-19-37-23-25/h10,19,23-24,26-28,34-35H,3-9,11-18,20-22H2,1-2H3/t24?,26?,27-,28-,29+,30-,31?,32-/m1/s1. The summed E-state index contributed by atoms with van der Waals surface area (Å²) >= 11 is 0. The van der Waals surface area contributed by atoms with E-state index in [4.69, 9.17) is 13.9 Å². The molecule has 0 aromatic carbocycles. The number of hydrogen-bond acceptors (Lipinski definition) is 6. The molecule has 8 atom stereocenters. The summed E-state index contributed by atoms with van der Waals surface area (Å²) in [4.78, 5) is 2.55. The van der Waals surface area contributed by atoms with Crippen LogP contribution in [0.4, 0.5) is 0 Å². The molecule has 38 heavy (non-hydrogen) atoms. The molecule has 6 heteroatoms. The Balaban J connectivity index is 1.02. The first kappa shape index (κ1) is 27.3. The molecule has 5 aliphatic rings. The predicted molar refractivity (Wildman–Crippen MR) is 147 cm³/mol.